The molecule has 1 aromatic heterocycles. The maximum absolute atomic E-state index is 15.0. The Bertz CT molecular complexity index is 1770. The average molecular weight is 804 g/mol. The van der Waals surface area contributed by atoms with Crippen molar-refractivity contribution in [3.8, 4) is 0 Å². The molecule has 13 heteroatoms. The minimum atomic E-state index is -0.948. The molecule has 57 heavy (non-hydrogen) atoms. The first-order valence-corrected chi connectivity index (χ1v) is 21.1. The third-order valence-electron chi connectivity index (χ3n) is 11.0. The van der Waals surface area contributed by atoms with Gasteiger partial charge in [-0.2, -0.15) is 0 Å². The second-order valence-electron chi connectivity index (χ2n) is 15.9. The zero-order chi connectivity index (χ0) is 41.6. The fraction of sp³-hybridized carbons (Fsp3) is 0.545. The Morgan fingerprint density at radius 2 is 1.60 bits per heavy atom. The van der Waals surface area contributed by atoms with E-state index in [9.17, 15) is 29.1 Å². The van der Waals surface area contributed by atoms with E-state index in [0.29, 0.717) is 17.8 Å². The van der Waals surface area contributed by atoms with E-state index in [-0.39, 0.29) is 54.8 Å². The fourth-order valence-corrected chi connectivity index (χ4v) is 8.29. The number of amides is 3. The number of carboxylic acid groups (broad SMARTS) is 1. The number of benzene rings is 2. The van der Waals surface area contributed by atoms with E-state index in [1.807, 2.05) is 100 Å². The molecule has 12 nitrogen and oxygen atoms in total. The molecule has 1 saturated heterocycles. The summed E-state index contributed by atoms with van der Waals surface area (Å²) in [6, 6.07) is 17.2. The van der Waals surface area contributed by atoms with Crippen molar-refractivity contribution < 1.29 is 33.8 Å². The zero-order valence-corrected chi connectivity index (χ0v) is 35.3. The Morgan fingerprint density at radius 3 is 2.18 bits per heavy atom. The number of piperidine rings is 1. The zero-order valence-electron chi connectivity index (χ0n) is 34.5. The van der Waals surface area contributed by atoms with Crippen LogP contribution in [0.3, 0.4) is 0 Å². The van der Waals surface area contributed by atoms with Gasteiger partial charge in [-0.1, -0.05) is 108 Å². The highest BCUT2D eigenvalue weighted by atomic mass is 32.1. The predicted octanol–water partition coefficient (Wildman–Crippen LogP) is 6.66. The predicted molar refractivity (Wildman–Crippen MR) is 221 cm³/mol. The standard InChI is InChI=1S/C44H61N5O7S/c1-8-29(4)39(47-41(52)36-21-15-16-22-48(36)7)43(53)49(26-33-19-13-10-14-20-33)37(28(2)3)25-38(56-31(6)50)42-46-35(27-57-42)40(51)45-34(23-30(5)44(54)55)24-32-17-11-9-12-18-32/h9-14,17-20,27-30,34,36-39H,8,15-16,21-26H2,1-7H3,(H,45,51)(H,47,52)(H,54,55)/t29?,30-,34+,36?,37+,38+,39?/m0/s1. The number of ether oxygens (including phenoxy) is 1. The number of rotatable bonds is 20. The van der Waals surface area contributed by atoms with Crippen LogP contribution < -0.4 is 10.6 Å². The van der Waals surface area contributed by atoms with Gasteiger partial charge < -0.3 is 25.4 Å². The number of likely N-dealkylation sites (tertiary alicyclic amines) is 1. The Labute approximate surface area is 341 Å². The van der Waals surface area contributed by atoms with E-state index >= 15 is 0 Å². The number of hydrogen-bond donors (Lipinski definition) is 3. The van der Waals surface area contributed by atoms with Gasteiger partial charge in [0.25, 0.3) is 5.91 Å². The molecule has 310 valence electrons. The summed E-state index contributed by atoms with van der Waals surface area (Å²) in [4.78, 5) is 75.3. The monoisotopic (exact) mass is 803 g/mol. The quantitative estimate of drug-likeness (QED) is 0.106. The third kappa shape index (κ3) is 13.2. The fourth-order valence-electron chi connectivity index (χ4n) is 7.45. The van der Waals surface area contributed by atoms with Gasteiger partial charge in [-0.25, -0.2) is 4.98 Å². The van der Waals surface area contributed by atoms with E-state index in [2.05, 4.69) is 20.5 Å². The second-order valence-corrected chi connectivity index (χ2v) is 16.8. The molecule has 0 aliphatic carbocycles. The molecule has 4 rings (SSSR count). The van der Waals surface area contributed by atoms with E-state index in [4.69, 9.17) is 4.74 Å². The van der Waals surface area contributed by atoms with Crippen molar-refractivity contribution in [3.63, 3.8) is 0 Å². The highest BCUT2D eigenvalue weighted by Crippen LogP contribution is 2.32. The van der Waals surface area contributed by atoms with Gasteiger partial charge in [-0.3, -0.25) is 28.9 Å². The van der Waals surface area contributed by atoms with E-state index in [1.54, 1.807) is 12.3 Å². The number of aliphatic carboxylic acids is 1. The van der Waals surface area contributed by atoms with Crippen molar-refractivity contribution in [1.29, 1.82) is 0 Å². The van der Waals surface area contributed by atoms with Gasteiger partial charge in [-0.15, -0.1) is 11.3 Å². The van der Waals surface area contributed by atoms with Crippen molar-refractivity contribution in [1.82, 2.24) is 25.4 Å². The molecular weight excluding hydrogens is 743 g/mol. The van der Waals surface area contributed by atoms with Crippen LogP contribution in [0.5, 0.6) is 0 Å². The molecular formula is C44H61N5O7S. The molecule has 1 fully saturated rings. The van der Waals surface area contributed by atoms with Crippen LogP contribution in [0.25, 0.3) is 0 Å². The topological polar surface area (TPSA) is 158 Å². The minimum absolute atomic E-state index is 0.105. The summed E-state index contributed by atoms with van der Waals surface area (Å²) in [6.07, 6.45) is 3.37. The first kappa shape index (κ1) is 45.1. The van der Waals surface area contributed by atoms with Crippen LogP contribution in [0.1, 0.15) is 113 Å². The molecule has 0 bridgehead atoms. The van der Waals surface area contributed by atoms with Gasteiger partial charge in [0.15, 0.2) is 6.10 Å². The first-order chi connectivity index (χ1) is 27.2. The summed E-state index contributed by atoms with van der Waals surface area (Å²) in [6.45, 7) is 12.0. The average Bonchev–Trinajstić information content (AvgIpc) is 3.68. The number of likely N-dealkylation sites (N-methyl/N-ethyl adjacent to an activating group) is 1. The largest absolute Gasteiger partial charge is 0.481 e. The lowest BCUT2D eigenvalue weighted by Crippen LogP contribution is -2.58. The van der Waals surface area contributed by atoms with Crippen molar-refractivity contribution >= 4 is 41.0 Å². The molecule has 0 spiro atoms. The number of carbonyl (C=O) groups excluding carboxylic acids is 4. The second kappa shape index (κ2) is 21.8. The Morgan fingerprint density at radius 1 is 0.947 bits per heavy atom. The van der Waals surface area contributed by atoms with Gasteiger partial charge in [-0.05, 0) is 62.2 Å². The molecule has 0 saturated carbocycles. The molecule has 0 radical (unpaired) electrons. The number of aromatic nitrogens is 1. The summed E-state index contributed by atoms with van der Waals surface area (Å²) >= 11 is 1.19. The summed E-state index contributed by atoms with van der Waals surface area (Å²) in [5.74, 6) is -3.25. The molecule has 1 aliphatic heterocycles. The number of carboxylic acids is 1. The summed E-state index contributed by atoms with van der Waals surface area (Å²) in [5, 5.41) is 17.8. The van der Waals surface area contributed by atoms with E-state index in [0.717, 1.165) is 36.9 Å². The Balaban J connectivity index is 1.64. The highest BCUT2D eigenvalue weighted by Gasteiger charge is 2.39. The Kier molecular flexibility index (Phi) is 17.2. The van der Waals surface area contributed by atoms with Crippen molar-refractivity contribution in [2.24, 2.45) is 17.8 Å². The van der Waals surface area contributed by atoms with Crippen LogP contribution in [-0.4, -0.2) is 87.3 Å². The molecule has 3 aromatic rings. The van der Waals surface area contributed by atoms with Crippen molar-refractivity contribution in [2.75, 3.05) is 13.6 Å². The molecule has 3 N–H and O–H groups in total. The van der Waals surface area contributed by atoms with Gasteiger partial charge in [0, 0.05) is 37.4 Å². The number of nitrogens with zero attached hydrogens (tertiary/aromatic N) is 3. The summed E-state index contributed by atoms with van der Waals surface area (Å²) < 4.78 is 5.91. The van der Waals surface area contributed by atoms with Crippen molar-refractivity contribution in [2.45, 2.75) is 123 Å². The van der Waals surface area contributed by atoms with Gasteiger partial charge in [0.1, 0.15) is 16.7 Å². The summed E-state index contributed by atoms with van der Waals surface area (Å²) in [5.41, 5.74) is 2.00. The van der Waals surface area contributed by atoms with Crippen LogP contribution in [0.15, 0.2) is 66.0 Å². The molecule has 3 unspecified atom stereocenters. The molecule has 7 atom stereocenters. The Hall–Kier alpha value is -4.62. The smallest absolute Gasteiger partial charge is 0.306 e. The van der Waals surface area contributed by atoms with E-state index < -0.39 is 48.0 Å². The number of thiazole rings is 1. The van der Waals surface area contributed by atoms with Gasteiger partial charge in [0.2, 0.25) is 11.8 Å². The SMILES string of the molecule is CCC(C)C(NC(=O)C1CCCCN1C)C(=O)N(Cc1ccccc1)[C@H](C[C@@H](OC(C)=O)c1nc(C(=O)N[C@@H](Cc2ccccc2)C[C@H](C)C(=O)O)cs1)C(C)C. The van der Waals surface area contributed by atoms with Crippen LogP contribution in [0, 0.1) is 17.8 Å². The lowest BCUT2D eigenvalue weighted by atomic mass is 9.91. The molecule has 2 heterocycles. The molecule has 2 aromatic carbocycles. The summed E-state index contributed by atoms with van der Waals surface area (Å²) in [7, 11) is 1.95. The van der Waals surface area contributed by atoms with Gasteiger partial charge in [0.05, 0.1) is 12.0 Å². The maximum Gasteiger partial charge on any atom is 0.306 e. The first-order valence-electron chi connectivity index (χ1n) is 20.2. The van der Waals surface area contributed by atoms with Crippen LogP contribution >= 0.6 is 11.3 Å². The van der Waals surface area contributed by atoms with Crippen LogP contribution in [-0.2, 0) is 36.9 Å². The van der Waals surface area contributed by atoms with Crippen LogP contribution in [0.4, 0.5) is 0 Å². The number of hydrogen-bond acceptors (Lipinski definition) is 9. The van der Waals surface area contributed by atoms with Crippen LogP contribution in [0.2, 0.25) is 0 Å². The van der Waals surface area contributed by atoms with E-state index in [1.165, 1.54) is 18.3 Å². The number of nitrogens with one attached hydrogen (secondary N) is 2. The molecule has 1 aliphatic rings. The maximum atomic E-state index is 15.0. The normalized spacial score (nSPS) is 17.7. The highest BCUT2D eigenvalue weighted by molar-refractivity contribution is 7.09. The lowest BCUT2D eigenvalue weighted by molar-refractivity contribution is -0.150. The third-order valence-corrected chi connectivity index (χ3v) is 11.9. The van der Waals surface area contributed by atoms with Crippen molar-refractivity contribution in [3.05, 3.63) is 87.9 Å². The molecule has 3 amide bonds. The lowest BCUT2D eigenvalue weighted by Gasteiger charge is -2.40. The number of carbonyl (C=O) groups is 5. The van der Waals surface area contributed by atoms with Gasteiger partial charge >= 0.3 is 11.9 Å². The number of esters is 1. The minimum Gasteiger partial charge on any atom is -0.481 e.